The molecular formula is C22H25ClFN3O2. The number of fused-ring (bicyclic) bond motifs is 1. The van der Waals surface area contributed by atoms with Crippen LogP contribution in [0.25, 0.3) is 16.9 Å². The fourth-order valence-corrected chi connectivity index (χ4v) is 4.00. The van der Waals surface area contributed by atoms with Crippen molar-refractivity contribution in [3.05, 3.63) is 50.7 Å². The Balaban J connectivity index is 2.01. The van der Waals surface area contributed by atoms with Crippen molar-refractivity contribution in [1.82, 2.24) is 14.2 Å². The molecule has 0 saturated heterocycles. The molecule has 1 aliphatic rings. The van der Waals surface area contributed by atoms with E-state index in [1.165, 1.54) is 12.1 Å². The molecule has 1 unspecified atom stereocenters. The standard InChI is InChI=1S/C22H25ClFN3O2/c1-5-12(3)15-9-13(4)27-20(15)22(28)26(14-7-8-14)21(25-27)16-10-18(24)19(29-6-2)11-17(16)23/h9-12,14H,5-8H2,1-4H3. The summed E-state index contributed by atoms with van der Waals surface area (Å²) in [5.74, 6) is 0.218. The molecule has 154 valence electrons. The van der Waals surface area contributed by atoms with Gasteiger partial charge in [-0.1, -0.05) is 25.4 Å². The number of hydrogen-bond donors (Lipinski definition) is 0. The Morgan fingerprint density at radius 1 is 1.31 bits per heavy atom. The third kappa shape index (κ3) is 3.33. The zero-order valence-corrected chi connectivity index (χ0v) is 17.9. The molecule has 0 N–H and O–H groups in total. The van der Waals surface area contributed by atoms with Gasteiger partial charge in [0.2, 0.25) is 0 Å². The Kier molecular flexibility index (Phi) is 5.15. The molecule has 0 amide bonds. The number of halogens is 2. The molecule has 0 spiro atoms. The lowest BCUT2D eigenvalue weighted by Gasteiger charge is -2.16. The lowest BCUT2D eigenvalue weighted by atomic mass is 10.00. The smallest absolute Gasteiger partial charge is 0.278 e. The van der Waals surface area contributed by atoms with Crippen molar-refractivity contribution < 1.29 is 9.13 Å². The normalized spacial score (nSPS) is 15.1. The molecule has 3 aromatic rings. The van der Waals surface area contributed by atoms with Crippen molar-refractivity contribution in [3.8, 4) is 17.1 Å². The second-order valence-electron chi connectivity index (χ2n) is 7.74. The molecule has 1 fully saturated rings. The van der Waals surface area contributed by atoms with E-state index in [2.05, 4.69) is 13.8 Å². The number of aromatic nitrogens is 3. The second-order valence-corrected chi connectivity index (χ2v) is 8.14. The third-order valence-corrected chi connectivity index (χ3v) is 5.96. The van der Waals surface area contributed by atoms with E-state index >= 15 is 0 Å². The van der Waals surface area contributed by atoms with Crippen molar-refractivity contribution >= 4 is 17.1 Å². The summed E-state index contributed by atoms with van der Waals surface area (Å²) in [7, 11) is 0. The zero-order valence-electron chi connectivity index (χ0n) is 17.1. The minimum absolute atomic E-state index is 0.0701. The van der Waals surface area contributed by atoms with E-state index in [4.69, 9.17) is 21.4 Å². The first-order chi connectivity index (χ1) is 13.9. The van der Waals surface area contributed by atoms with Gasteiger partial charge >= 0.3 is 0 Å². The van der Waals surface area contributed by atoms with Gasteiger partial charge < -0.3 is 4.74 Å². The van der Waals surface area contributed by atoms with E-state index in [1.807, 2.05) is 13.0 Å². The van der Waals surface area contributed by atoms with Crippen molar-refractivity contribution in [2.75, 3.05) is 6.61 Å². The second kappa shape index (κ2) is 7.48. The van der Waals surface area contributed by atoms with Crippen LogP contribution in [0, 0.1) is 12.7 Å². The van der Waals surface area contributed by atoms with E-state index < -0.39 is 5.82 Å². The lowest BCUT2D eigenvalue weighted by molar-refractivity contribution is 0.321. The Labute approximate surface area is 174 Å². The highest BCUT2D eigenvalue weighted by Gasteiger charge is 2.31. The number of ether oxygens (including phenoxy) is 1. The molecule has 5 nitrogen and oxygen atoms in total. The predicted molar refractivity (Wildman–Crippen MR) is 113 cm³/mol. The van der Waals surface area contributed by atoms with Gasteiger partial charge in [-0.05, 0) is 56.7 Å². The minimum Gasteiger partial charge on any atom is -0.491 e. The monoisotopic (exact) mass is 417 g/mol. The van der Waals surface area contributed by atoms with Crippen LogP contribution in [-0.2, 0) is 0 Å². The Hall–Kier alpha value is -2.34. The highest BCUT2D eigenvalue weighted by molar-refractivity contribution is 6.33. The number of rotatable bonds is 6. The van der Waals surface area contributed by atoms with Crippen LogP contribution in [0.3, 0.4) is 0 Å². The van der Waals surface area contributed by atoms with Crippen molar-refractivity contribution in [2.45, 2.75) is 58.9 Å². The summed E-state index contributed by atoms with van der Waals surface area (Å²) in [6.45, 7) is 8.27. The van der Waals surface area contributed by atoms with Gasteiger partial charge in [-0.3, -0.25) is 9.36 Å². The molecule has 1 saturated carbocycles. The molecule has 1 atom stereocenters. The van der Waals surface area contributed by atoms with Crippen LogP contribution < -0.4 is 10.3 Å². The lowest BCUT2D eigenvalue weighted by Crippen LogP contribution is -2.26. The van der Waals surface area contributed by atoms with Crippen molar-refractivity contribution in [1.29, 1.82) is 0 Å². The third-order valence-electron chi connectivity index (χ3n) is 5.65. The fraction of sp³-hybridized carbons (Fsp3) is 0.455. The van der Waals surface area contributed by atoms with Gasteiger partial charge in [0.1, 0.15) is 5.52 Å². The average Bonchev–Trinajstić information content (AvgIpc) is 3.47. The first-order valence-electron chi connectivity index (χ1n) is 10.1. The van der Waals surface area contributed by atoms with Gasteiger partial charge in [-0.25, -0.2) is 8.91 Å². The minimum atomic E-state index is -0.521. The molecule has 0 bridgehead atoms. The molecule has 2 heterocycles. The number of aryl methyl sites for hydroxylation is 1. The largest absolute Gasteiger partial charge is 0.491 e. The summed E-state index contributed by atoms with van der Waals surface area (Å²) in [4.78, 5) is 13.6. The maximum Gasteiger partial charge on any atom is 0.278 e. The maximum absolute atomic E-state index is 14.6. The summed E-state index contributed by atoms with van der Waals surface area (Å²) in [6.07, 6.45) is 2.74. The summed E-state index contributed by atoms with van der Waals surface area (Å²) < 4.78 is 23.3. The Morgan fingerprint density at radius 3 is 2.66 bits per heavy atom. The quantitative estimate of drug-likeness (QED) is 0.531. The maximum atomic E-state index is 14.6. The van der Waals surface area contributed by atoms with Gasteiger partial charge in [-0.2, -0.15) is 0 Å². The zero-order chi connectivity index (χ0) is 20.9. The van der Waals surface area contributed by atoms with Gasteiger partial charge in [0.05, 0.1) is 11.6 Å². The van der Waals surface area contributed by atoms with Crippen molar-refractivity contribution in [2.24, 2.45) is 0 Å². The van der Waals surface area contributed by atoms with E-state index in [0.29, 0.717) is 28.5 Å². The van der Waals surface area contributed by atoms with Gasteiger partial charge in [0.15, 0.2) is 17.4 Å². The SMILES string of the molecule is CCOc1cc(Cl)c(-c2nn3c(C)cc(C(C)CC)c3c(=O)n2C2CC2)cc1F. The van der Waals surface area contributed by atoms with Crippen LogP contribution >= 0.6 is 11.6 Å². The van der Waals surface area contributed by atoms with Crippen LogP contribution in [-0.4, -0.2) is 20.8 Å². The van der Waals surface area contributed by atoms with Gasteiger partial charge in [0, 0.05) is 23.4 Å². The number of nitrogens with zero attached hydrogens (tertiary/aromatic N) is 3. The summed E-state index contributed by atoms with van der Waals surface area (Å²) in [5, 5.41) is 5.08. The molecule has 2 aromatic heterocycles. The van der Waals surface area contributed by atoms with Crippen LogP contribution in [0.2, 0.25) is 5.02 Å². The van der Waals surface area contributed by atoms with Crippen LogP contribution in [0.4, 0.5) is 4.39 Å². The van der Waals surface area contributed by atoms with E-state index in [9.17, 15) is 9.18 Å². The molecule has 1 aromatic carbocycles. The molecule has 4 rings (SSSR count). The fourth-order valence-electron chi connectivity index (χ4n) is 3.77. The Bertz CT molecular complexity index is 1150. The first kappa shape index (κ1) is 20.0. The topological polar surface area (TPSA) is 48.5 Å². The summed E-state index contributed by atoms with van der Waals surface area (Å²) >= 11 is 6.48. The van der Waals surface area contributed by atoms with E-state index in [1.54, 1.807) is 16.0 Å². The predicted octanol–water partition coefficient (Wildman–Crippen LogP) is 5.51. The van der Waals surface area contributed by atoms with Gasteiger partial charge in [0.25, 0.3) is 5.56 Å². The molecule has 1 aliphatic carbocycles. The van der Waals surface area contributed by atoms with E-state index in [-0.39, 0.29) is 23.3 Å². The first-order valence-corrected chi connectivity index (χ1v) is 10.5. The average molecular weight is 418 g/mol. The highest BCUT2D eigenvalue weighted by atomic mass is 35.5. The molecule has 0 radical (unpaired) electrons. The molecular weight excluding hydrogens is 393 g/mol. The number of hydrogen-bond acceptors (Lipinski definition) is 3. The van der Waals surface area contributed by atoms with Gasteiger partial charge in [-0.15, -0.1) is 5.10 Å². The Morgan fingerprint density at radius 2 is 2.03 bits per heavy atom. The number of benzene rings is 1. The summed E-state index contributed by atoms with van der Waals surface area (Å²) in [5.41, 5.74) is 2.80. The van der Waals surface area contributed by atoms with Crippen LogP contribution in [0.1, 0.15) is 63.3 Å². The molecule has 29 heavy (non-hydrogen) atoms. The highest BCUT2D eigenvalue weighted by Crippen LogP contribution is 2.40. The molecule has 7 heteroatoms. The van der Waals surface area contributed by atoms with E-state index in [0.717, 1.165) is 30.5 Å². The molecule has 0 aliphatic heterocycles. The van der Waals surface area contributed by atoms with Crippen LogP contribution in [0.15, 0.2) is 23.0 Å². The summed E-state index contributed by atoms with van der Waals surface area (Å²) in [6, 6.07) is 4.87. The van der Waals surface area contributed by atoms with Crippen molar-refractivity contribution in [3.63, 3.8) is 0 Å². The van der Waals surface area contributed by atoms with Crippen LogP contribution in [0.5, 0.6) is 5.75 Å².